The quantitative estimate of drug-likeness (QED) is 0.175. The van der Waals surface area contributed by atoms with Crippen molar-refractivity contribution in [2.45, 2.75) is 141 Å². The van der Waals surface area contributed by atoms with Crippen LogP contribution in [0, 0.1) is 47.0 Å². The number of aryl methyl sites for hydroxylation is 6. The van der Waals surface area contributed by atoms with E-state index in [0.29, 0.717) is 11.3 Å². The highest BCUT2D eigenvalue weighted by Gasteiger charge is 2.56. The van der Waals surface area contributed by atoms with Gasteiger partial charge in [-0.3, -0.25) is 0 Å². The molecule has 2 unspecified atom stereocenters. The largest absolute Gasteiger partial charge is 0.301 e. The van der Waals surface area contributed by atoms with Gasteiger partial charge in [0.25, 0.3) is 0 Å². The number of hydrogen-bond acceptors (Lipinski definition) is 2. The second kappa shape index (κ2) is 13.4. The van der Waals surface area contributed by atoms with Gasteiger partial charge in [-0.2, -0.15) is 0 Å². The van der Waals surface area contributed by atoms with Crippen LogP contribution in [0.25, 0.3) is 0 Å². The van der Waals surface area contributed by atoms with Crippen molar-refractivity contribution in [2.24, 2.45) is 5.41 Å². The summed E-state index contributed by atoms with van der Waals surface area (Å²) in [6, 6.07) is 9.21. The minimum absolute atomic E-state index is 0.0317. The second-order valence-electron chi connectivity index (χ2n) is 16.0. The Morgan fingerprint density at radius 1 is 0.745 bits per heavy atom. The summed E-state index contributed by atoms with van der Waals surface area (Å²) in [5, 5.41) is -0.215. The number of halogens is 2. The molecule has 0 aromatic heterocycles. The number of nitrogens with zero attached hydrogens (tertiary/aromatic N) is 2. The summed E-state index contributed by atoms with van der Waals surface area (Å²) in [6.45, 7) is 20.1. The van der Waals surface area contributed by atoms with Gasteiger partial charge in [0, 0.05) is 23.5 Å². The Bertz CT molecular complexity index is 1530. The molecule has 0 amide bonds. The van der Waals surface area contributed by atoms with Crippen molar-refractivity contribution in [3.05, 3.63) is 98.8 Å². The molecule has 6 rings (SSSR count). The van der Waals surface area contributed by atoms with Crippen LogP contribution in [0.4, 0.5) is 11.4 Å². The first-order chi connectivity index (χ1) is 22.2. The first kappa shape index (κ1) is 34.9. The van der Waals surface area contributed by atoms with E-state index in [4.69, 9.17) is 23.2 Å². The van der Waals surface area contributed by atoms with E-state index in [1.807, 2.05) is 0 Å². The zero-order valence-electron chi connectivity index (χ0n) is 30.2. The summed E-state index contributed by atoms with van der Waals surface area (Å²) in [5.41, 5.74) is 17.8. The molecule has 1 heterocycles. The smallest absolute Gasteiger partial charge is 0.127 e. The summed E-state index contributed by atoms with van der Waals surface area (Å²) in [7, 11) is -0.501. The Morgan fingerprint density at radius 2 is 1.15 bits per heavy atom. The van der Waals surface area contributed by atoms with E-state index in [1.54, 1.807) is 0 Å². The van der Waals surface area contributed by atoms with Crippen LogP contribution in [-0.2, 0) is 0 Å². The van der Waals surface area contributed by atoms with E-state index >= 15 is 0 Å². The molecule has 47 heavy (non-hydrogen) atoms. The predicted molar refractivity (Wildman–Crippen MR) is 208 cm³/mol. The van der Waals surface area contributed by atoms with Gasteiger partial charge in [0.05, 0.1) is 21.4 Å². The average Bonchev–Trinajstić information content (AvgIpc) is 3.76. The lowest BCUT2D eigenvalue weighted by atomic mass is 9.96. The zero-order valence-corrected chi connectivity index (χ0v) is 32.6. The van der Waals surface area contributed by atoms with Crippen LogP contribution >= 0.6 is 31.1 Å². The van der Waals surface area contributed by atoms with Crippen molar-refractivity contribution in [1.82, 2.24) is 0 Å². The van der Waals surface area contributed by atoms with E-state index in [-0.39, 0.29) is 10.8 Å². The first-order valence-electron chi connectivity index (χ1n) is 18.0. The monoisotopic (exact) mass is 688 g/mol. The second-order valence-corrected chi connectivity index (χ2v) is 20.5. The Balaban J connectivity index is 1.66. The standard InChI is InChI=1S/C42H55Cl2N2P/c1-27-22-29(3)38(30(4)23-27)45-20-21-46(39-31(5)24-28(2)25-32(39)6)40(45)37-35(18-19-41(7,8)9)42(44,26-36(37)43)47(33-14-10-11-15-33)34-16-12-13-17-34/h19-25,33-34,36H,10-17,26H2,1-9H3. The fourth-order valence-corrected chi connectivity index (χ4v) is 15.3. The number of anilines is 2. The van der Waals surface area contributed by atoms with E-state index in [0.717, 1.165) is 23.4 Å². The molecule has 3 fully saturated rings. The maximum Gasteiger partial charge on any atom is 0.127 e. The zero-order chi connectivity index (χ0) is 33.8. The third-order valence-corrected chi connectivity index (χ3v) is 15.9. The number of hydrogen-bond donors (Lipinski definition) is 0. The Labute approximate surface area is 296 Å². The Hall–Kier alpha value is -1.95. The minimum Gasteiger partial charge on any atom is -0.301 e. The molecule has 1 aliphatic heterocycles. The van der Waals surface area contributed by atoms with Gasteiger partial charge in [-0.05, 0) is 119 Å². The SMILES string of the molecule is Cc1cc(C)c(N2C=CN(c3c(C)cc(C)cc3C)C2=C2C(=C=CC(C)(C)C)C(Cl)(P(C3CCCC3)C3CCCC3)CC2Cl)c(C)c1. The molecule has 0 N–H and O–H groups in total. The molecular weight excluding hydrogens is 634 g/mol. The lowest BCUT2D eigenvalue weighted by molar-refractivity contribution is 0.544. The van der Waals surface area contributed by atoms with Gasteiger partial charge >= 0.3 is 0 Å². The molecule has 5 heteroatoms. The Morgan fingerprint density at radius 3 is 1.53 bits per heavy atom. The normalized spacial score (nSPS) is 24.1. The van der Waals surface area contributed by atoms with Crippen LogP contribution in [0.3, 0.4) is 0 Å². The third kappa shape index (κ3) is 6.67. The summed E-state index contributed by atoms with van der Waals surface area (Å²) in [6.07, 6.45) is 18.2. The van der Waals surface area contributed by atoms with Crippen molar-refractivity contribution in [2.75, 3.05) is 9.80 Å². The lowest BCUT2D eigenvalue weighted by Gasteiger charge is -2.42. The number of benzene rings is 2. The van der Waals surface area contributed by atoms with Crippen molar-refractivity contribution >= 4 is 42.5 Å². The molecule has 0 saturated heterocycles. The molecular formula is C42H55Cl2N2P. The fraction of sp³-hybridized carbons (Fsp3) is 0.548. The molecule has 2 aromatic rings. The van der Waals surface area contributed by atoms with Crippen LogP contribution in [-0.4, -0.2) is 21.3 Å². The topological polar surface area (TPSA) is 6.48 Å². The molecule has 0 bridgehead atoms. The molecule has 2 nitrogen and oxygen atoms in total. The van der Waals surface area contributed by atoms with Crippen molar-refractivity contribution in [1.29, 1.82) is 0 Å². The van der Waals surface area contributed by atoms with E-state index < -0.39 is 12.5 Å². The Kier molecular flexibility index (Phi) is 9.95. The summed E-state index contributed by atoms with van der Waals surface area (Å²) >= 11 is 16.1. The van der Waals surface area contributed by atoms with Crippen LogP contribution in [0.5, 0.6) is 0 Å². The predicted octanol–water partition coefficient (Wildman–Crippen LogP) is 13.0. The van der Waals surface area contributed by atoms with E-state index in [2.05, 4.69) is 121 Å². The van der Waals surface area contributed by atoms with Crippen LogP contribution in [0.15, 0.2) is 65.4 Å². The molecule has 2 atom stereocenters. The lowest BCUT2D eigenvalue weighted by Crippen LogP contribution is -2.30. The van der Waals surface area contributed by atoms with Gasteiger partial charge in [0.1, 0.15) is 5.82 Å². The minimum atomic E-state index is -0.501. The number of alkyl halides is 2. The van der Waals surface area contributed by atoms with Crippen molar-refractivity contribution < 1.29 is 0 Å². The van der Waals surface area contributed by atoms with Crippen molar-refractivity contribution in [3.8, 4) is 0 Å². The average molecular weight is 690 g/mol. The third-order valence-electron chi connectivity index (χ3n) is 10.7. The van der Waals surface area contributed by atoms with Gasteiger partial charge in [0.2, 0.25) is 0 Å². The van der Waals surface area contributed by atoms with Gasteiger partial charge in [0.15, 0.2) is 0 Å². The fourth-order valence-electron chi connectivity index (χ4n) is 9.13. The first-order valence-corrected chi connectivity index (χ1v) is 20.3. The van der Waals surface area contributed by atoms with E-state index in [9.17, 15) is 0 Å². The van der Waals surface area contributed by atoms with Gasteiger partial charge in [-0.1, -0.05) is 89.8 Å². The van der Waals surface area contributed by atoms with Gasteiger partial charge in [-0.15, -0.1) is 28.9 Å². The molecule has 252 valence electrons. The van der Waals surface area contributed by atoms with Crippen LogP contribution in [0.1, 0.15) is 112 Å². The maximum absolute atomic E-state index is 8.35. The van der Waals surface area contributed by atoms with Gasteiger partial charge in [-0.25, -0.2) is 0 Å². The molecule has 0 spiro atoms. The molecule has 2 aromatic carbocycles. The summed E-state index contributed by atoms with van der Waals surface area (Å²) in [4.78, 5) is 4.84. The number of allylic oxidation sites excluding steroid dienone is 2. The molecule has 0 radical (unpaired) electrons. The van der Waals surface area contributed by atoms with Crippen LogP contribution < -0.4 is 9.80 Å². The maximum atomic E-state index is 8.35. The number of rotatable bonds is 5. The van der Waals surface area contributed by atoms with E-state index in [1.165, 1.54) is 96.1 Å². The summed E-state index contributed by atoms with van der Waals surface area (Å²) < 4.78 is -0.496. The summed E-state index contributed by atoms with van der Waals surface area (Å²) in [5.74, 6) is 1.12. The highest BCUT2D eigenvalue weighted by atomic mass is 35.5. The molecule has 3 aliphatic carbocycles. The van der Waals surface area contributed by atoms with Gasteiger partial charge < -0.3 is 9.80 Å². The van der Waals surface area contributed by atoms with Crippen LogP contribution in [0.2, 0.25) is 0 Å². The molecule has 4 aliphatic rings. The molecule has 3 saturated carbocycles. The highest BCUT2D eigenvalue weighted by molar-refractivity contribution is 7.63. The highest BCUT2D eigenvalue weighted by Crippen LogP contribution is 2.73. The van der Waals surface area contributed by atoms with Crippen molar-refractivity contribution in [3.63, 3.8) is 0 Å².